The molecule has 14 heavy (non-hydrogen) atoms. The van der Waals surface area contributed by atoms with Crippen LogP contribution in [0.5, 0.6) is 0 Å². The molecule has 0 atom stereocenters. The zero-order valence-corrected chi connectivity index (χ0v) is 11.9. The van der Waals surface area contributed by atoms with Gasteiger partial charge in [-0.15, -0.1) is 0 Å². The molecule has 0 saturated heterocycles. The molecule has 4 nitrogen and oxygen atoms in total. The van der Waals surface area contributed by atoms with Gasteiger partial charge in [-0.3, -0.25) is 4.55 Å². The fourth-order valence-electron chi connectivity index (χ4n) is 1.06. The molecule has 0 heterocycles. The number of hydrogen-bond acceptors (Lipinski definition) is 2. The van der Waals surface area contributed by atoms with Crippen LogP contribution < -0.4 is 0 Å². The molecule has 0 amide bonds. The van der Waals surface area contributed by atoms with Crippen LogP contribution in [0.4, 0.5) is 0 Å². The van der Waals surface area contributed by atoms with Crippen LogP contribution in [0.15, 0.2) is 0 Å². The Morgan fingerprint density at radius 1 is 1.00 bits per heavy atom. The molecule has 3 N–H and O–H groups in total. The Labute approximate surface area is 109 Å². The molecule has 0 rings (SSSR count). The van der Waals surface area contributed by atoms with E-state index in [0.717, 1.165) is 12.8 Å². The van der Waals surface area contributed by atoms with E-state index in [1.807, 2.05) is 0 Å². The standard InChI is InChI=1S/C8H18O3S.Na.H2O/c1-2-3-4-5-6-7-8-12(9,10)11;;/h2-8H2,1H3,(H,9,10,11);;1H2. The average molecular weight is 235 g/mol. The third-order valence-corrected chi connectivity index (χ3v) is 2.56. The van der Waals surface area contributed by atoms with E-state index in [1.54, 1.807) is 0 Å². The van der Waals surface area contributed by atoms with Crippen LogP contribution in [-0.2, 0) is 10.1 Å². The largest absolute Gasteiger partial charge is 0.412 e. The van der Waals surface area contributed by atoms with E-state index in [4.69, 9.17) is 4.55 Å². The van der Waals surface area contributed by atoms with E-state index in [0.29, 0.717) is 6.42 Å². The molecule has 0 unspecified atom stereocenters. The van der Waals surface area contributed by atoms with Gasteiger partial charge in [0, 0.05) is 29.6 Å². The van der Waals surface area contributed by atoms with Crippen molar-refractivity contribution in [1.82, 2.24) is 0 Å². The fourth-order valence-corrected chi connectivity index (χ4v) is 1.63. The van der Waals surface area contributed by atoms with Crippen molar-refractivity contribution in [2.75, 3.05) is 5.75 Å². The summed E-state index contributed by atoms with van der Waals surface area (Å²) >= 11 is 0. The molecular weight excluding hydrogens is 215 g/mol. The van der Waals surface area contributed by atoms with Crippen LogP contribution in [-0.4, -0.2) is 53.8 Å². The Morgan fingerprint density at radius 3 is 1.86 bits per heavy atom. The molecule has 0 spiro atoms. The summed E-state index contributed by atoms with van der Waals surface area (Å²) in [4.78, 5) is 0. The molecule has 0 aromatic rings. The van der Waals surface area contributed by atoms with Crippen molar-refractivity contribution in [3.05, 3.63) is 0 Å². The van der Waals surface area contributed by atoms with Crippen LogP contribution in [0.3, 0.4) is 0 Å². The van der Waals surface area contributed by atoms with Gasteiger partial charge in [0.15, 0.2) is 0 Å². The topological polar surface area (TPSA) is 85.9 Å². The molecule has 0 aliphatic carbocycles. The summed E-state index contributed by atoms with van der Waals surface area (Å²) in [6.07, 6.45) is 6.14. The fraction of sp³-hybridized carbons (Fsp3) is 1.00. The van der Waals surface area contributed by atoms with Gasteiger partial charge in [-0.2, -0.15) is 8.42 Å². The summed E-state index contributed by atoms with van der Waals surface area (Å²) in [7, 11) is -3.72. The van der Waals surface area contributed by atoms with Crippen LogP contribution >= 0.6 is 0 Å². The summed E-state index contributed by atoms with van der Waals surface area (Å²) in [6, 6.07) is 0. The van der Waals surface area contributed by atoms with Crippen molar-refractivity contribution in [2.24, 2.45) is 0 Å². The predicted molar refractivity (Wildman–Crippen MR) is 59.2 cm³/mol. The smallest absolute Gasteiger partial charge is 0.264 e. The average Bonchev–Trinajstić information content (AvgIpc) is 1.94. The van der Waals surface area contributed by atoms with Gasteiger partial charge in [-0.1, -0.05) is 39.0 Å². The zero-order valence-electron chi connectivity index (χ0n) is 9.12. The predicted octanol–water partition coefficient (Wildman–Crippen LogP) is 1.03. The second-order valence-electron chi connectivity index (χ2n) is 3.05. The second kappa shape index (κ2) is 11.9. The third kappa shape index (κ3) is 18.6. The first kappa shape index (κ1) is 20.3. The van der Waals surface area contributed by atoms with Gasteiger partial charge < -0.3 is 5.48 Å². The van der Waals surface area contributed by atoms with Gasteiger partial charge in [-0.25, -0.2) is 0 Å². The summed E-state index contributed by atoms with van der Waals surface area (Å²) in [5, 5.41) is 0. The van der Waals surface area contributed by atoms with Gasteiger partial charge in [0.2, 0.25) is 0 Å². The third-order valence-electron chi connectivity index (χ3n) is 1.76. The first-order chi connectivity index (χ1) is 5.56. The van der Waals surface area contributed by atoms with Crippen LogP contribution in [0.2, 0.25) is 0 Å². The van der Waals surface area contributed by atoms with E-state index >= 15 is 0 Å². The Balaban J connectivity index is -0.000000605. The number of hydrogen-bond donors (Lipinski definition) is 1. The van der Waals surface area contributed by atoms with Gasteiger partial charge in [-0.05, 0) is 6.42 Å². The minimum Gasteiger partial charge on any atom is -0.412 e. The van der Waals surface area contributed by atoms with Gasteiger partial charge in [0.05, 0.1) is 5.75 Å². The van der Waals surface area contributed by atoms with Crippen molar-refractivity contribution in [2.45, 2.75) is 45.4 Å². The molecule has 6 heteroatoms. The molecule has 0 aliphatic heterocycles. The first-order valence-electron chi connectivity index (χ1n) is 4.51. The SMILES string of the molecule is CCCCCCCCS(=O)(=O)O.O.[Na]. The second-order valence-corrected chi connectivity index (χ2v) is 4.63. The molecular formula is C8H20NaO4S. The minimum absolute atomic E-state index is 0. The normalized spacial score (nSPS) is 10.1. The van der Waals surface area contributed by atoms with Crippen LogP contribution in [0.1, 0.15) is 45.4 Å². The zero-order chi connectivity index (χ0) is 9.45. The van der Waals surface area contributed by atoms with Crippen LogP contribution in [0, 0.1) is 0 Å². The summed E-state index contributed by atoms with van der Waals surface area (Å²) in [5.74, 6) is -0.0842. The van der Waals surface area contributed by atoms with Gasteiger partial charge in [0.25, 0.3) is 10.1 Å². The Hall–Kier alpha value is 0.870. The Bertz CT molecular complexity index is 192. The van der Waals surface area contributed by atoms with Crippen molar-refractivity contribution in [3.63, 3.8) is 0 Å². The van der Waals surface area contributed by atoms with Crippen molar-refractivity contribution in [3.8, 4) is 0 Å². The Kier molecular flexibility index (Phi) is 17.3. The minimum atomic E-state index is -3.72. The van der Waals surface area contributed by atoms with Gasteiger partial charge >= 0.3 is 0 Å². The molecule has 1 radical (unpaired) electrons. The molecule has 0 aromatic carbocycles. The number of unbranched alkanes of at least 4 members (excludes halogenated alkanes) is 5. The maximum Gasteiger partial charge on any atom is 0.264 e. The van der Waals surface area contributed by atoms with Crippen molar-refractivity contribution < 1.29 is 18.4 Å². The molecule has 0 saturated carbocycles. The summed E-state index contributed by atoms with van der Waals surface area (Å²) in [5.41, 5.74) is 0. The van der Waals surface area contributed by atoms with Gasteiger partial charge in [0.1, 0.15) is 0 Å². The molecule has 83 valence electrons. The maximum atomic E-state index is 10.3. The summed E-state index contributed by atoms with van der Waals surface area (Å²) < 4.78 is 28.9. The van der Waals surface area contributed by atoms with E-state index in [1.165, 1.54) is 19.3 Å². The molecule has 0 bridgehead atoms. The van der Waals surface area contributed by atoms with Crippen LogP contribution in [0.25, 0.3) is 0 Å². The monoisotopic (exact) mass is 235 g/mol. The first-order valence-corrected chi connectivity index (χ1v) is 6.12. The number of rotatable bonds is 7. The maximum absolute atomic E-state index is 10.3. The van der Waals surface area contributed by atoms with Crippen molar-refractivity contribution >= 4 is 39.7 Å². The van der Waals surface area contributed by atoms with Crippen molar-refractivity contribution in [1.29, 1.82) is 0 Å². The van der Waals surface area contributed by atoms with E-state index < -0.39 is 10.1 Å². The Morgan fingerprint density at radius 2 is 1.43 bits per heavy atom. The van der Waals surface area contributed by atoms with E-state index in [9.17, 15) is 8.42 Å². The molecule has 0 aromatic heterocycles. The molecule has 0 fully saturated rings. The van der Waals surface area contributed by atoms with E-state index in [2.05, 4.69) is 6.92 Å². The molecule has 0 aliphatic rings. The quantitative estimate of drug-likeness (QED) is 0.406. The van der Waals surface area contributed by atoms with E-state index in [-0.39, 0.29) is 40.8 Å². The summed E-state index contributed by atoms with van der Waals surface area (Å²) in [6.45, 7) is 2.14.